The van der Waals surface area contributed by atoms with Gasteiger partial charge in [0, 0.05) is 19.3 Å². The van der Waals surface area contributed by atoms with Crippen LogP contribution in [-0.4, -0.2) is 28.0 Å². The lowest BCUT2D eigenvalue weighted by Gasteiger charge is -2.18. The summed E-state index contributed by atoms with van der Waals surface area (Å²) < 4.78 is 1.77. The Balaban J connectivity index is 0.00000144. The van der Waals surface area contributed by atoms with E-state index in [9.17, 15) is 4.79 Å². The van der Waals surface area contributed by atoms with Crippen LogP contribution in [0.3, 0.4) is 0 Å². The van der Waals surface area contributed by atoms with Gasteiger partial charge in [-0.2, -0.15) is 0 Å². The molecule has 1 aromatic heterocycles. The SMILES string of the molecule is Cl.Cn1cnc(C(=O)NC2CCCC2CN)c1. The third kappa shape index (κ3) is 3.20. The summed E-state index contributed by atoms with van der Waals surface area (Å²) in [6.45, 7) is 0.646. The Hall–Kier alpha value is -1.07. The Morgan fingerprint density at radius 3 is 3.00 bits per heavy atom. The fraction of sp³-hybridized carbons (Fsp3) is 0.636. The molecule has 1 fully saturated rings. The van der Waals surface area contributed by atoms with Gasteiger partial charge in [-0.05, 0) is 25.3 Å². The van der Waals surface area contributed by atoms with E-state index >= 15 is 0 Å². The molecule has 1 aliphatic rings. The van der Waals surface area contributed by atoms with Crippen LogP contribution in [0, 0.1) is 5.92 Å². The van der Waals surface area contributed by atoms with E-state index in [1.807, 2.05) is 7.05 Å². The quantitative estimate of drug-likeness (QED) is 0.838. The summed E-state index contributed by atoms with van der Waals surface area (Å²) in [5, 5.41) is 3.01. The first-order chi connectivity index (χ1) is 7.70. The van der Waals surface area contributed by atoms with Crippen molar-refractivity contribution in [3.63, 3.8) is 0 Å². The zero-order valence-electron chi connectivity index (χ0n) is 9.93. The maximum absolute atomic E-state index is 11.8. The molecular weight excluding hydrogens is 240 g/mol. The van der Waals surface area contributed by atoms with Crippen LogP contribution in [0.1, 0.15) is 29.8 Å². The Bertz CT molecular complexity index is 379. The number of aryl methyl sites for hydroxylation is 1. The lowest BCUT2D eigenvalue weighted by atomic mass is 10.0. The lowest BCUT2D eigenvalue weighted by molar-refractivity contribution is 0.0924. The van der Waals surface area contributed by atoms with Crippen molar-refractivity contribution in [3.8, 4) is 0 Å². The largest absolute Gasteiger partial charge is 0.348 e. The van der Waals surface area contributed by atoms with E-state index in [4.69, 9.17) is 5.73 Å². The summed E-state index contributed by atoms with van der Waals surface area (Å²) in [7, 11) is 1.85. The second-order valence-corrected chi connectivity index (χ2v) is 4.43. The van der Waals surface area contributed by atoms with Crippen LogP contribution in [0.5, 0.6) is 0 Å². The van der Waals surface area contributed by atoms with Gasteiger partial charge in [0.15, 0.2) is 0 Å². The molecule has 0 bridgehead atoms. The molecule has 0 saturated heterocycles. The maximum atomic E-state index is 11.8. The summed E-state index contributed by atoms with van der Waals surface area (Å²) in [5.41, 5.74) is 6.15. The second-order valence-electron chi connectivity index (χ2n) is 4.43. The summed E-state index contributed by atoms with van der Waals surface area (Å²) in [5.74, 6) is 0.332. The van der Waals surface area contributed by atoms with Gasteiger partial charge >= 0.3 is 0 Å². The van der Waals surface area contributed by atoms with E-state index in [0.717, 1.165) is 19.3 Å². The summed E-state index contributed by atoms with van der Waals surface area (Å²) in [6.07, 6.45) is 6.64. The highest BCUT2D eigenvalue weighted by Crippen LogP contribution is 2.24. The van der Waals surface area contributed by atoms with Gasteiger partial charge in [0.1, 0.15) is 5.69 Å². The number of hydrogen-bond acceptors (Lipinski definition) is 3. The summed E-state index contributed by atoms with van der Waals surface area (Å²) in [6, 6.07) is 0.222. The predicted octanol–water partition coefficient (Wildman–Crippen LogP) is 0.699. The number of hydrogen-bond donors (Lipinski definition) is 2. The standard InChI is InChI=1S/C11H18N4O.ClH/c1-15-6-10(13-7-15)11(16)14-9-4-2-3-8(9)5-12;/h6-9H,2-5,12H2,1H3,(H,14,16);1H. The highest BCUT2D eigenvalue weighted by molar-refractivity contribution is 5.92. The lowest BCUT2D eigenvalue weighted by Crippen LogP contribution is -2.40. The molecule has 6 heteroatoms. The van der Waals surface area contributed by atoms with Crippen LogP contribution >= 0.6 is 12.4 Å². The molecule has 1 aliphatic carbocycles. The Morgan fingerprint density at radius 2 is 2.41 bits per heavy atom. The number of carbonyl (C=O) groups excluding carboxylic acids is 1. The molecule has 0 aliphatic heterocycles. The van der Waals surface area contributed by atoms with Crippen LogP contribution in [0.25, 0.3) is 0 Å². The van der Waals surface area contributed by atoms with E-state index in [0.29, 0.717) is 18.2 Å². The molecule has 3 N–H and O–H groups in total. The minimum Gasteiger partial charge on any atom is -0.348 e. The van der Waals surface area contributed by atoms with Gasteiger partial charge in [0.25, 0.3) is 5.91 Å². The smallest absolute Gasteiger partial charge is 0.271 e. The number of rotatable bonds is 3. The molecule has 2 unspecified atom stereocenters. The third-order valence-corrected chi connectivity index (χ3v) is 3.22. The van der Waals surface area contributed by atoms with Crippen LogP contribution in [0.4, 0.5) is 0 Å². The number of nitrogens with two attached hydrogens (primary N) is 1. The van der Waals surface area contributed by atoms with Crippen molar-refractivity contribution in [1.82, 2.24) is 14.9 Å². The second kappa shape index (κ2) is 6.02. The van der Waals surface area contributed by atoms with Crippen molar-refractivity contribution >= 4 is 18.3 Å². The van der Waals surface area contributed by atoms with E-state index in [2.05, 4.69) is 10.3 Å². The van der Waals surface area contributed by atoms with E-state index in [1.54, 1.807) is 17.1 Å². The number of halogens is 1. The number of nitrogens with zero attached hydrogens (tertiary/aromatic N) is 2. The molecule has 1 saturated carbocycles. The molecule has 0 aromatic carbocycles. The Labute approximate surface area is 107 Å². The molecule has 2 rings (SSSR count). The van der Waals surface area contributed by atoms with Gasteiger partial charge in [-0.15, -0.1) is 12.4 Å². The molecule has 1 aromatic rings. The normalized spacial score (nSPS) is 23.2. The van der Waals surface area contributed by atoms with Gasteiger partial charge in [0.2, 0.25) is 0 Å². The monoisotopic (exact) mass is 258 g/mol. The zero-order valence-corrected chi connectivity index (χ0v) is 10.7. The number of aromatic nitrogens is 2. The fourth-order valence-electron chi connectivity index (χ4n) is 2.28. The van der Waals surface area contributed by atoms with Crippen molar-refractivity contribution in [3.05, 3.63) is 18.2 Å². The molecule has 17 heavy (non-hydrogen) atoms. The molecule has 1 heterocycles. The topological polar surface area (TPSA) is 72.9 Å². The van der Waals surface area contributed by atoms with Crippen molar-refractivity contribution in [2.75, 3.05) is 6.54 Å². The molecule has 1 amide bonds. The van der Waals surface area contributed by atoms with Crippen molar-refractivity contribution in [2.45, 2.75) is 25.3 Å². The van der Waals surface area contributed by atoms with E-state index in [-0.39, 0.29) is 24.4 Å². The number of imidazole rings is 1. The maximum Gasteiger partial charge on any atom is 0.271 e. The highest BCUT2D eigenvalue weighted by atomic mass is 35.5. The minimum atomic E-state index is -0.0917. The van der Waals surface area contributed by atoms with Gasteiger partial charge in [-0.25, -0.2) is 4.98 Å². The third-order valence-electron chi connectivity index (χ3n) is 3.22. The van der Waals surface area contributed by atoms with Gasteiger partial charge in [-0.1, -0.05) is 6.42 Å². The molecule has 0 spiro atoms. The van der Waals surface area contributed by atoms with Gasteiger partial charge < -0.3 is 15.6 Å². The number of nitrogens with one attached hydrogen (secondary N) is 1. The Morgan fingerprint density at radius 1 is 1.65 bits per heavy atom. The average Bonchev–Trinajstić information content (AvgIpc) is 2.86. The van der Waals surface area contributed by atoms with Crippen molar-refractivity contribution in [1.29, 1.82) is 0 Å². The molecule has 96 valence electrons. The van der Waals surface area contributed by atoms with Crippen molar-refractivity contribution in [2.24, 2.45) is 18.7 Å². The van der Waals surface area contributed by atoms with Crippen molar-refractivity contribution < 1.29 is 4.79 Å². The molecule has 0 radical (unpaired) electrons. The minimum absolute atomic E-state index is 0. The fourth-order valence-corrected chi connectivity index (χ4v) is 2.28. The van der Waals surface area contributed by atoms with Crippen LogP contribution in [-0.2, 0) is 7.05 Å². The molecule has 5 nitrogen and oxygen atoms in total. The summed E-state index contributed by atoms with van der Waals surface area (Å²) in [4.78, 5) is 15.9. The highest BCUT2D eigenvalue weighted by Gasteiger charge is 2.27. The average molecular weight is 259 g/mol. The van der Waals surface area contributed by atoms with E-state index < -0.39 is 0 Å². The van der Waals surface area contributed by atoms with Crippen LogP contribution in [0.2, 0.25) is 0 Å². The van der Waals surface area contributed by atoms with Crippen LogP contribution < -0.4 is 11.1 Å². The first-order valence-corrected chi connectivity index (χ1v) is 5.69. The molecule has 2 atom stereocenters. The zero-order chi connectivity index (χ0) is 11.5. The van der Waals surface area contributed by atoms with Gasteiger partial charge in [-0.3, -0.25) is 4.79 Å². The Kier molecular flexibility index (Phi) is 4.96. The molecular formula is C11H19ClN4O. The number of amides is 1. The van der Waals surface area contributed by atoms with E-state index in [1.165, 1.54) is 0 Å². The number of carbonyl (C=O) groups is 1. The van der Waals surface area contributed by atoms with Gasteiger partial charge in [0.05, 0.1) is 6.33 Å². The first kappa shape index (κ1) is 14.0. The first-order valence-electron chi connectivity index (χ1n) is 5.69. The predicted molar refractivity (Wildman–Crippen MR) is 68.1 cm³/mol. The summed E-state index contributed by atoms with van der Waals surface area (Å²) >= 11 is 0. The van der Waals surface area contributed by atoms with Crippen LogP contribution in [0.15, 0.2) is 12.5 Å².